The van der Waals surface area contributed by atoms with Crippen LogP contribution in [-0.2, 0) is 4.79 Å². The fraction of sp³-hybridized carbons (Fsp3) is 0.211. The Labute approximate surface area is 146 Å². The summed E-state index contributed by atoms with van der Waals surface area (Å²) >= 11 is 0. The largest absolute Gasteiger partial charge is 0.497 e. The van der Waals surface area contributed by atoms with Gasteiger partial charge in [0.15, 0.2) is 0 Å². The molecule has 130 valence electrons. The quantitative estimate of drug-likeness (QED) is 0.597. The standard InChI is InChI=1S/C19H21N3O3/c1-14-3-7-16(13-22-14)19(24)21-12-11-20-18(23)10-6-15-4-8-17(25-2)9-5-15/h3-10,13H,11-12H2,1-2H3,(H,20,23)(H,21,24). The molecule has 0 aliphatic rings. The zero-order valence-corrected chi connectivity index (χ0v) is 14.3. The van der Waals surface area contributed by atoms with Gasteiger partial charge in [0.25, 0.3) is 5.91 Å². The maximum atomic E-state index is 11.9. The Bertz CT molecular complexity index is 738. The Morgan fingerprint density at radius 2 is 1.80 bits per heavy atom. The van der Waals surface area contributed by atoms with E-state index < -0.39 is 0 Å². The molecular weight excluding hydrogens is 318 g/mol. The van der Waals surface area contributed by atoms with Crippen LogP contribution >= 0.6 is 0 Å². The molecule has 0 bridgehead atoms. The summed E-state index contributed by atoms with van der Waals surface area (Å²) in [5, 5.41) is 5.44. The van der Waals surface area contributed by atoms with Crippen LogP contribution in [0.2, 0.25) is 0 Å². The third-order valence-corrected chi connectivity index (χ3v) is 3.43. The van der Waals surface area contributed by atoms with Gasteiger partial charge in [-0.2, -0.15) is 0 Å². The van der Waals surface area contributed by atoms with E-state index in [1.54, 1.807) is 25.3 Å². The molecule has 0 saturated heterocycles. The first-order valence-electron chi connectivity index (χ1n) is 7.89. The fourth-order valence-corrected chi connectivity index (χ4v) is 2.01. The van der Waals surface area contributed by atoms with Gasteiger partial charge >= 0.3 is 0 Å². The van der Waals surface area contributed by atoms with E-state index in [0.29, 0.717) is 18.7 Å². The van der Waals surface area contributed by atoms with Crippen LogP contribution in [0.5, 0.6) is 5.75 Å². The van der Waals surface area contributed by atoms with Crippen LogP contribution in [0.1, 0.15) is 21.6 Å². The van der Waals surface area contributed by atoms with E-state index in [0.717, 1.165) is 17.0 Å². The Balaban J connectivity index is 1.70. The minimum absolute atomic E-state index is 0.212. The van der Waals surface area contributed by atoms with Crippen molar-refractivity contribution in [3.63, 3.8) is 0 Å². The number of carbonyl (C=O) groups is 2. The first kappa shape index (κ1) is 18.2. The van der Waals surface area contributed by atoms with Crippen molar-refractivity contribution in [1.29, 1.82) is 0 Å². The van der Waals surface area contributed by atoms with Crippen LogP contribution < -0.4 is 15.4 Å². The molecular formula is C19H21N3O3. The molecule has 0 saturated carbocycles. The average Bonchev–Trinajstić information content (AvgIpc) is 2.64. The van der Waals surface area contributed by atoms with E-state index in [2.05, 4.69) is 15.6 Å². The maximum Gasteiger partial charge on any atom is 0.252 e. The second-order valence-electron chi connectivity index (χ2n) is 5.34. The summed E-state index contributed by atoms with van der Waals surface area (Å²) in [7, 11) is 1.60. The molecule has 0 atom stereocenters. The van der Waals surface area contributed by atoms with Crippen molar-refractivity contribution >= 4 is 17.9 Å². The Hall–Kier alpha value is -3.15. The van der Waals surface area contributed by atoms with E-state index in [4.69, 9.17) is 4.74 Å². The molecule has 0 aliphatic heterocycles. The smallest absolute Gasteiger partial charge is 0.252 e. The minimum atomic E-state index is -0.220. The van der Waals surface area contributed by atoms with Gasteiger partial charge in [-0.1, -0.05) is 12.1 Å². The summed E-state index contributed by atoms with van der Waals surface area (Å²) in [5.41, 5.74) is 2.25. The lowest BCUT2D eigenvalue weighted by Gasteiger charge is -2.06. The number of methoxy groups -OCH3 is 1. The van der Waals surface area contributed by atoms with Gasteiger partial charge in [0.05, 0.1) is 12.7 Å². The normalized spacial score (nSPS) is 10.5. The van der Waals surface area contributed by atoms with Gasteiger partial charge in [-0.25, -0.2) is 0 Å². The Morgan fingerprint density at radius 1 is 1.08 bits per heavy atom. The summed E-state index contributed by atoms with van der Waals surface area (Å²) in [6.07, 6.45) is 4.69. The molecule has 2 amide bonds. The molecule has 0 fully saturated rings. The van der Waals surface area contributed by atoms with Gasteiger partial charge in [-0.05, 0) is 42.8 Å². The lowest BCUT2D eigenvalue weighted by atomic mass is 10.2. The second kappa shape index (κ2) is 9.22. The molecule has 6 heteroatoms. The van der Waals surface area contributed by atoms with Crippen LogP contribution in [0.25, 0.3) is 6.08 Å². The van der Waals surface area contributed by atoms with Crippen molar-refractivity contribution in [2.45, 2.75) is 6.92 Å². The number of nitrogens with one attached hydrogen (secondary N) is 2. The van der Waals surface area contributed by atoms with E-state index in [9.17, 15) is 9.59 Å². The van der Waals surface area contributed by atoms with Gasteiger partial charge in [-0.3, -0.25) is 14.6 Å². The summed E-state index contributed by atoms with van der Waals surface area (Å²) in [6, 6.07) is 10.9. The van der Waals surface area contributed by atoms with Crippen molar-refractivity contribution in [3.8, 4) is 5.75 Å². The van der Waals surface area contributed by atoms with Gasteiger partial charge in [0, 0.05) is 31.1 Å². The zero-order valence-electron chi connectivity index (χ0n) is 14.3. The first-order chi connectivity index (χ1) is 12.1. The Kier molecular flexibility index (Phi) is 6.71. The molecule has 1 heterocycles. The van der Waals surface area contributed by atoms with E-state index in [1.807, 2.05) is 31.2 Å². The molecule has 1 aromatic carbocycles. The Morgan fingerprint density at radius 3 is 2.44 bits per heavy atom. The number of amides is 2. The van der Waals surface area contributed by atoms with E-state index in [1.165, 1.54) is 12.3 Å². The number of aryl methyl sites for hydroxylation is 1. The number of pyridine rings is 1. The van der Waals surface area contributed by atoms with Crippen molar-refractivity contribution in [1.82, 2.24) is 15.6 Å². The number of carbonyl (C=O) groups excluding carboxylic acids is 2. The lowest BCUT2D eigenvalue weighted by molar-refractivity contribution is -0.116. The van der Waals surface area contributed by atoms with Crippen LogP contribution in [-0.4, -0.2) is 37.0 Å². The molecule has 1 aromatic heterocycles. The minimum Gasteiger partial charge on any atom is -0.497 e. The van der Waals surface area contributed by atoms with Crippen molar-refractivity contribution in [2.75, 3.05) is 20.2 Å². The van der Waals surface area contributed by atoms with Crippen molar-refractivity contribution < 1.29 is 14.3 Å². The SMILES string of the molecule is COc1ccc(C=CC(=O)NCCNC(=O)c2ccc(C)nc2)cc1. The summed E-state index contributed by atoms with van der Waals surface area (Å²) < 4.78 is 5.08. The number of ether oxygens (including phenoxy) is 1. The number of hydrogen-bond acceptors (Lipinski definition) is 4. The maximum absolute atomic E-state index is 11.9. The van der Waals surface area contributed by atoms with Crippen molar-refractivity contribution in [3.05, 3.63) is 65.5 Å². The number of nitrogens with zero attached hydrogens (tertiary/aromatic N) is 1. The average molecular weight is 339 g/mol. The third-order valence-electron chi connectivity index (χ3n) is 3.43. The molecule has 0 radical (unpaired) electrons. The van der Waals surface area contributed by atoms with Crippen LogP contribution in [0, 0.1) is 6.92 Å². The van der Waals surface area contributed by atoms with Gasteiger partial charge in [0.2, 0.25) is 5.91 Å². The van der Waals surface area contributed by atoms with Crippen LogP contribution in [0.4, 0.5) is 0 Å². The van der Waals surface area contributed by atoms with Gasteiger partial charge < -0.3 is 15.4 Å². The van der Waals surface area contributed by atoms with Gasteiger partial charge in [-0.15, -0.1) is 0 Å². The lowest BCUT2D eigenvalue weighted by Crippen LogP contribution is -2.34. The number of hydrogen-bond donors (Lipinski definition) is 2. The number of rotatable bonds is 7. The van der Waals surface area contributed by atoms with E-state index in [-0.39, 0.29) is 11.8 Å². The topological polar surface area (TPSA) is 80.3 Å². The monoisotopic (exact) mass is 339 g/mol. The second-order valence-corrected chi connectivity index (χ2v) is 5.34. The molecule has 25 heavy (non-hydrogen) atoms. The third kappa shape index (κ3) is 6.10. The molecule has 0 spiro atoms. The molecule has 2 N–H and O–H groups in total. The van der Waals surface area contributed by atoms with Crippen molar-refractivity contribution in [2.24, 2.45) is 0 Å². The molecule has 6 nitrogen and oxygen atoms in total. The molecule has 0 aliphatic carbocycles. The van der Waals surface area contributed by atoms with E-state index >= 15 is 0 Å². The van der Waals surface area contributed by atoms with Crippen LogP contribution in [0.3, 0.4) is 0 Å². The zero-order chi connectivity index (χ0) is 18.1. The first-order valence-corrected chi connectivity index (χ1v) is 7.89. The summed E-state index contributed by atoms with van der Waals surface area (Å²) in [4.78, 5) is 27.7. The molecule has 2 aromatic rings. The predicted octanol–water partition coefficient (Wildman–Crippen LogP) is 1.96. The molecule has 0 unspecified atom stereocenters. The highest BCUT2D eigenvalue weighted by atomic mass is 16.5. The highest BCUT2D eigenvalue weighted by Crippen LogP contribution is 2.12. The highest BCUT2D eigenvalue weighted by Gasteiger charge is 2.04. The highest BCUT2D eigenvalue weighted by molar-refractivity contribution is 5.94. The van der Waals surface area contributed by atoms with Gasteiger partial charge in [0.1, 0.15) is 5.75 Å². The fourth-order valence-electron chi connectivity index (χ4n) is 2.01. The number of benzene rings is 1. The van der Waals surface area contributed by atoms with Crippen LogP contribution in [0.15, 0.2) is 48.7 Å². The number of aromatic nitrogens is 1. The predicted molar refractivity (Wildman–Crippen MR) is 96.3 cm³/mol. The summed E-state index contributed by atoms with van der Waals surface area (Å²) in [6.45, 7) is 2.54. The summed E-state index contributed by atoms with van der Waals surface area (Å²) in [5.74, 6) is 0.332. The molecule has 2 rings (SSSR count).